The van der Waals surface area contributed by atoms with Crippen LogP contribution in [0.5, 0.6) is 5.75 Å². The number of aromatic nitrogens is 2. The third-order valence-electron chi connectivity index (χ3n) is 7.45. The van der Waals surface area contributed by atoms with Crippen LogP contribution in [0.3, 0.4) is 0 Å². The van der Waals surface area contributed by atoms with E-state index in [4.69, 9.17) is 9.72 Å². The summed E-state index contributed by atoms with van der Waals surface area (Å²) in [5.41, 5.74) is 3.53. The predicted molar refractivity (Wildman–Crippen MR) is 147 cm³/mol. The minimum atomic E-state index is -0.768. The Bertz CT molecular complexity index is 1420. The summed E-state index contributed by atoms with van der Waals surface area (Å²) in [5.74, 6) is -0.437. The number of hydrogen-bond acceptors (Lipinski definition) is 7. The largest absolute Gasteiger partial charge is 0.476 e. The van der Waals surface area contributed by atoms with E-state index in [1.54, 1.807) is 30.2 Å². The molecule has 8 nitrogen and oxygen atoms in total. The van der Waals surface area contributed by atoms with Gasteiger partial charge in [-0.1, -0.05) is 0 Å². The second-order valence-electron chi connectivity index (χ2n) is 10.7. The molecule has 2 fully saturated rings. The maximum atomic E-state index is 15.4. The first-order chi connectivity index (χ1) is 18.8. The Kier molecular flexibility index (Phi) is 6.58. The molecule has 0 spiro atoms. The number of carbonyl (C=O) groups excluding carboxylic acids is 1. The highest BCUT2D eigenvalue weighted by Gasteiger charge is 2.36. The van der Waals surface area contributed by atoms with Crippen LogP contribution in [0.15, 0.2) is 36.5 Å². The average Bonchev–Trinajstić information content (AvgIpc) is 3.76. The quantitative estimate of drug-likeness (QED) is 0.462. The number of nitrogens with one attached hydrogen (secondary N) is 2. The van der Waals surface area contributed by atoms with Crippen molar-refractivity contribution in [1.29, 1.82) is 0 Å². The van der Waals surface area contributed by atoms with Crippen molar-refractivity contribution in [3.8, 4) is 17.0 Å². The first kappa shape index (κ1) is 25.5. The number of carbonyl (C=O) groups is 1. The van der Waals surface area contributed by atoms with Crippen LogP contribution < -0.4 is 25.2 Å². The molecule has 2 aromatic carbocycles. The van der Waals surface area contributed by atoms with Crippen molar-refractivity contribution >= 4 is 28.9 Å². The van der Waals surface area contributed by atoms with E-state index < -0.39 is 11.9 Å². The highest BCUT2D eigenvalue weighted by Crippen LogP contribution is 2.46. The molecule has 3 heterocycles. The highest BCUT2D eigenvalue weighted by atomic mass is 19.1. The molecule has 10 heteroatoms. The molecule has 1 atom stereocenters. The molecule has 3 aromatic rings. The number of fused-ring (bicyclic) bond motifs is 1. The summed E-state index contributed by atoms with van der Waals surface area (Å²) in [4.78, 5) is 25.7. The normalized spacial score (nSPS) is 19.2. The molecule has 0 radical (unpaired) electrons. The van der Waals surface area contributed by atoms with Crippen molar-refractivity contribution in [2.75, 3.05) is 41.3 Å². The maximum Gasteiger partial charge on any atom is 0.268 e. The predicted octanol–water partition coefficient (Wildman–Crippen LogP) is 4.97. The van der Waals surface area contributed by atoms with Crippen LogP contribution in [0.25, 0.3) is 11.3 Å². The van der Waals surface area contributed by atoms with E-state index in [-0.39, 0.29) is 29.5 Å². The van der Waals surface area contributed by atoms with Gasteiger partial charge in [0.2, 0.25) is 5.95 Å². The van der Waals surface area contributed by atoms with Gasteiger partial charge in [-0.15, -0.1) is 0 Å². The summed E-state index contributed by atoms with van der Waals surface area (Å²) in [7, 11) is 0. The van der Waals surface area contributed by atoms with Gasteiger partial charge in [0, 0.05) is 55.2 Å². The Morgan fingerprint density at radius 3 is 2.54 bits per heavy atom. The van der Waals surface area contributed by atoms with E-state index in [0.29, 0.717) is 34.2 Å². The van der Waals surface area contributed by atoms with Gasteiger partial charge >= 0.3 is 0 Å². The summed E-state index contributed by atoms with van der Waals surface area (Å²) < 4.78 is 36.1. The summed E-state index contributed by atoms with van der Waals surface area (Å²) in [6.07, 6.45) is 3.00. The maximum absolute atomic E-state index is 15.4. The highest BCUT2D eigenvalue weighted by molar-refractivity contribution is 6.01. The van der Waals surface area contributed by atoms with E-state index in [9.17, 15) is 9.18 Å². The molecule has 1 saturated carbocycles. The van der Waals surface area contributed by atoms with E-state index in [1.807, 2.05) is 24.8 Å². The van der Waals surface area contributed by atoms with Crippen LogP contribution in [0.4, 0.5) is 31.8 Å². The third-order valence-corrected chi connectivity index (χ3v) is 7.45. The molecule has 2 aliphatic heterocycles. The van der Waals surface area contributed by atoms with Crippen LogP contribution in [-0.2, 0) is 4.79 Å². The summed E-state index contributed by atoms with van der Waals surface area (Å²) in [5, 5.41) is 6.39. The Morgan fingerprint density at radius 1 is 1.08 bits per heavy atom. The van der Waals surface area contributed by atoms with Gasteiger partial charge in [0.15, 0.2) is 17.7 Å². The number of nitrogens with zero attached hydrogens (tertiary/aromatic N) is 4. The molecule has 0 bridgehead atoms. The number of amides is 1. The lowest BCUT2D eigenvalue weighted by molar-refractivity contribution is -0.126. The van der Waals surface area contributed by atoms with Gasteiger partial charge in [0.05, 0.1) is 17.1 Å². The van der Waals surface area contributed by atoms with Gasteiger partial charge in [0.25, 0.3) is 5.91 Å². The lowest BCUT2D eigenvalue weighted by Gasteiger charge is -2.36. The van der Waals surface area contributed by atoms with Gasteiger partial charge in [-0.25, -0.2) is 18.7 Å². The molecule has 1 aromatic heterocycles. The molecular weight excluding hydrogens is 502 g/mol. The fourth-order valence-corrected chi connectivity index (χ4v) is 5.34. The van der Waals surface area contributed by atoms with E-state index in [0.717, 1.165) is 44.6 Å². The Hall–Kier alpha value is -3.79. The van der Waals surface area contributed by atoms with Gasteiger partial charge in [-0.2, -0.15) is 0 Å². The third kappa shape index (κ3) is 4.89. The molecule has 1 aliphatic carbocycles. The first-order valence-electron chi connectivity index (χ1n) is 13.5. The Balaban J connectivity index is 1.35. The van der Waals surface area contributed by atoms with Crippen LogP contribution in [0, 0.1) is 11.6 Å². The second-order valence-corrected chi connectivity index (χ2v) is 10.7. The number of piperazine rings is 1. The van der Waals surface area contributed by atoms with Crippen LogP contribution in [0.2, 0.25) is 0 Å². The molecule has 1 amide bonds. The van der Waals surface area contributed by atoms with Crippen molar-refractivity contribution in [2.24, 2.45) is 0 Å². The lowest BCUT2D eigenvalue weighted by Crippen LogP contribution is -2.48. The zero-order chi connectivity index (χ0) is 27.3. The smallest absolute Gasteiger partial charge is 0.268 e. The van der Waals surface area contributed by atoms with Crippen molar-refractivity contribution in [2.45, 2.75) is 51.7 Å². The van der Waals surface area contributed by atoms with Crippen molar-refractivity contribution in [1.82, 2.24) is 15.3 Å². The number of hydrogen-bond donors (Lipinski definition) is 2. The molecule has 2 N–H and O–H groups in total. The number of halogens is 2. The monoisotopic (exact) mass is 534 g/mol. The zero-order valence-electron chi connectivity index (χ0n) is 22.3. The van der Waals surface area contributed by atoms with Crippen LogP contribution in [-0.4, -0.2) is 54.2 Å². The number of anilines is 4. The molecular formula is C29H32F2N6O2. The minimum absolute atomic E-state index is 0.0694. The summed E-state index contributed by atoms with van der Waals surface area (Å²) in [6, 6.07) is 8.00. The fourth-order valence-electron chi connectivity index (χ4n) is 5.34. The standard InChI is InChI=1S/C29H32F2N6O2/c1-16(2)37-25-13-19(12-23(31)27(25)39-17(3)28(37)38)26-21(18-4-5-18)15-33-29(35-26)34-20-6-7-24(22(30)14-20)36-10-8-32-9-11-36/h6-7,12-18,32H,4-5,8-11H2,1-3H3,(H,33,34,35). The van der Waals surface area contributed by atoms with Crippen LogP contribution >= 0.6 is 0 Å². The number of ether oxygens (including phenoxy) is 1. The van der Waals surface area contributed by atoms with Crippen molar-refractivity contribution in [3.63, 3.8) is 0 Å². The van der Waals surface area contributed by atoms with Crippen molar-refractivity contribution < 1.29 is 18.3 Å². The van der Waals surface area contributed by atoms with Gasteiger partial charge < -0.3 is 25.2 Å². The van der Waals surface area contributed by atoms with Crippen LogP contribution in [0.1, 0.15) is 45.1 Å². The molecule has 1 saturated heterocycles. The topological polar surface area (TPSA) is 82.6 Å². The molecule has 1 unspecified atom stereocenters. The Morgan fingerprint density at radius 2 is 1.85 bits per heavy atom. The fraction of sp³-hybridized carbons (Fsp3) is 0.414. The SMILES string of the molecule is CC1Oc2c(F)cc(-c3nc(Nc4ccc(N5CCNCC5)c(F)c4)ncc3C3CC3)cc2N(C(C)C)C1=O. The second kappa shape index (κ2) is 10.1. The van der Waals surface area contributed by atoms with Gasteiger partial charge in [-0.3, -0.25) is 4.79 Å². The van der Waals surface area contributed by atoms with E-state index in [2.05, 4.69) is 15.6 Å². The molecule has 6 rings (SSSR count). The summed E-state index contributed by atoms with van der Waals surface area (Å²) >= 11 is 0. The molecule has 3 aliphatic rings. The first-order valence-corrected chi connectivity index (χ1v) is 13.5. The average molecular weight is 535 g/mol. The lowest BCUT2D eigenvalue weighted by atomic mass is 10.0. The summed E-state index contributed by atoms with van der Waals surface area (Å²) in [6.45, 7) is 8.54. The van der Waals surface area contributed by atoms with E-state index >= 15 is 4.39 Å². The van der Waals surface area contributed by atoms with Crippen molar-refractivity contribution in [3.05, 3.63) is 53.7 Å². The molecule has 39 heavy (non-hydrogen) atoms. The number of rotatable bonds is 6. The zero-order valence-corrected chi connectivity index (χ0v) is 22.3. The van der Waals surface area contributed by atoms with E-state index in [1.165, 1.54) is 12.1 Å². The minimum Gasteiger partial charge on any atom is -0.476 e. The van der Waals surface area contributed by atoms with Gasteiger partial charge in [-0.05, 0) is 69.9 Å². The molecule has 204 valence electrons. The number of benzene rings is 2. The Labute approximate surface area is 226 Å². The van der Waals surface area contributed by atoms with Gasteiger partial charge in [0.1, 0.15) is 5.82 Å².